The standard InChI is InChI=1S/C44H50N4O3S4/c1-9-30-24(3)33-19-38-41(28(7)51-20-29-12-10-11-23(2)15-29)26(5)35(46-38)17-34-25(4)31(13-14-40(50)53-22-55-54-21-52-8)43(47-34)32-16-39(49)42-27(6)36(48-44(32)42)18-37(30)45-33/h10-12,15,17-19,25,28,31,47,49H,9,13-14,16,20-22H2,1-8H3/t25?,28?,31-/m0/s1. The highest BCUT2D eigenvalue weighted by molar-refractivity contribution is 8.79. The van der Waals surface area contributed by atoms with Gasteiger partial charge in [-0.15, -0.1) is 0 Å². The van der Waals surface area contributed by atoms with Crippen molar-refractivity contribution < 1.29 is 14.6 Å². The molecule has 11 heteroatoms. The van der Waals surface area contributed by atoms with Crippen molar-refractivity contribution in [3.05, 3.63) is 127 Å². The number of fused-ring (bicyclic) bond motifs is 5. The molecule has 1 aliphatic carbocycles. The van der Waals surface area contributed by atoms with E-state index in [-0.39, 0.29) is 23.1 Å². The van der Waals surface area contributed by atoms with Crippen molar-refractivity contribution in [2.24, 2.45) is 26.8 Å². The Labute approximate surface area is 342 Å². The Morgan fingerprint density at radius 1 is 1.00 bits per heavy atom. The minimum Gasteiger partial charge on any atom is -0.511 e. The SMILES string of the molecule is CCC1=C(C)C2=NC1=CC1=C(C)C3=C(O)CC(=C4NC(=CC5=NC(=C2)C(C(C)OCc2cccc(C)c2)=C5C)C(C)[C@@H]4CCC(=O)SCSSCSC)C3=N1. The molecule has 0 aromatic heterocycles. The molecular formula is C44H50N4O3S4. The summed E-state index contributed by atoms with van der Waals surface area (Å²) in [6, 6.07) is 8.46. The van der Waals surface area contributed by atoms with Crippen LogP contribution < -0.4 is 5.32 Å². The van der Waals surface area contributed by atoms with E-state index in [1.165, 1.54) is 22.9 Å². The van der Waals surface area contributed by atoms with Crippen LogP contribution in [0, 0.1) is 18.8 Å². The topological polar surface area (TPSA) is 95.6 Å². The number of thioether (sulfide) groups is 2. The molecule has 7 rings (SSSR count). The van der Waals surface area contributed by atoms with Gasteiger partial charge in [0, 0.05) is 57.9 Å². The van der Waals surface area contributed by atoms with E-state index in [2.05, 4.69) is 95.6 Å². The number of nitrogens with one attached hydrogen (secondary N) is 1. The van der Waals surface area contributed by atoms with Crippen LogP contribution in [0.15, 0.2) is 131 Å². The van der Waals surface area contributed by atoms with Crippen LogP contribution in [0.3, 0.4) is 0 Å². The summed E-state index contributed by atoms with van der Waals surface area (Å²) >= 11 is 3.21. The van der Waals surface area contributed by atoms with Gasteiger partial charge >= 0.3 is 0 Å². The summed E-state index contributed by atoms with van der Waals surface area (Å²) in [4.78, 5) is 28.9. The molecule has 3 atom stereocenters. The summed E-state index contributed by atoms with van der Waals surface area (Å²) in [6.45, 7) is 15.5. The van der Waals surface area contributed by atoms with Crippen LogP contribution in [0.25, 0.3) is 0 Å². The number of hydrogen-bond donors (Lipinski definition) is 2. The number of benzene rings is 1. The van der Waals surface area contributed by atoms with Crippen molar-refractivity contribution in [1.29, 1.82) is 0 Å². The van der Waals surface area contributed by atoms with E-state index < -0.39 is 0 Å². The van der Waals surface area contributed by atoms with Crippen molar-refractivity contribution in [2.75, 3.05) is 16.4 Å². The quantitative estimate of drug-likeness (QED) is 0.116. The number of aliphatic hydroxyl groups excluding tert-OH is 1. The number of nitrogens with zero attached hydrogens (tertiary/aromatic N) is 3. The fraction of sp³-hybridized carbons (Fsp3) is 0.409. The number of hydrogen-bond acceptors (Lipinski definition) is 11. The summed E-state index contributed by atoms with van der Waals surface area (Å²) in [5.74, 6) is 0.485. The molecule has 55 heavy (non-hydrogen) atoms. The normalized spacial score (nSPS) is 22.3. The number of aryl methyl sites for hydroxylation is 1. The van der Waals surface area contributed by atoms with E-state index >= 15 is 0 Å². The largest absolute Gasteiger partial charge is 0.511 e. The third-order valence-corrected chi connectivity index (χ3v) is 16.4. The molecule has 1 saturated heterocycles. The Hall–Kier alpha value is -3.22. The Morgan fingerprint density at radius 3 is 2.53 bits per heavy atom. The molecule has 0 saturated carbocycles. The number of carbonyl (C=O) groups is 1. The molecule has 2 N–H and O–H groups in total. The number of aliphatic hydroxyl groups is 1. The highest BCUT2D eigenvalue weighted by Gasteiger charge is 2.41. The van der Waals surface area contributed by atoms with E-state index in [1.807, 2.05) is 6.92 Å². The van der Waals surface area contributed by atoms with Gasteiger partial charge in [0.25, 0.3) is 0 Å². The summed E-state index contributed by atoms with van der Waals surface area (Å²) in [5, 5.41) is 17.3. The molecule has 1 fully saturated rings. The van der Waals surface area contributed by atoms with Crippen molar-refractivity contribution >= 4 is 67.4 Å². The number of carbonyl (C=O) groups excluding carboxylic acids is 1. The van der Waals surface area contributed by atoms with E-state index in [0.717, 1.165) is 101 Å². The van der Waals surface area contributed by atoms with Crippen molar-refractivity contribution in [2.45, 2.75) is 86.9 Å². The molecule has 5 aliphatic heterocycles. The zero-order chi connectivity index (χ0) is 39.0. The van der Waals surface area contributed by atoms with Gasteiger partial charge in [-0.1, -0.05) is 77.0 Å². The molecular weight excluding hydrogens is 761 g/mol. The second kappa shape index (κ2) is 17.1. The molecule has 0 amide bonds. The first-order valence-corrected chi connectivity index (χ1v) is 23.9. The Morgan fingerprint density at radius 2 is 1.76 bits per heavy atom. The molecule has 1 aromatic carbocycles. The third-order valence-electron chi connectivity index (χ3n) is 11.3. The van der Waals surface area contributed by atoms with Crippen LogP contribution >= 0.6 is 45.1 Å². The minimum absolute atomic E-state index is 0.0498. The fourth-order valence-corrected chi connectivity index (χ4v) is 12.7. The second-order valence-electron chi connectivity index (χ2n) is 14.8. The first kappa shape index (κ1) is 40.0. The summed E-state index contributed by atoms with van der Waals surface area (Å²) in [5.41, 5.74) is 16.9. The number of rotatable bonds is 13. The van der Waals surface area contributed by atoms with E-state index in [1.54, 1.807) is 33.3 Å². The predicted octanol–water partition coefficient (Wildman–Crippen LogP) is 11.3. The molecule has 6 aliphatic rings. The first-order chi connectivity index (χ1) is 26.5. The lowest BCUT2D eigenvalue weighted by molar-refractivity contribution is -0.111. The van der Waals surface area contributed by atoms with E-state index in [4.69, 9.17) is 19.7 Å². The van der Waals surface area contributed by atoms with Gasteiger partial charge in [0.15, 0.2) is 5.12 Å². The van der Waals surface area contributed by atoms with Crippen LogP contribution in [0.2, 0.25) is 0 Å². The van der Waals surface area contributed by atoms with E-state index in [9.17, 15) is 9.90 Å². The Bertz CT molecular complexity index is 2180. The molecule has 2 unspecified atom stereocenters. The van der Waals surface area contributed by atoms with Gasteiger partial charge in [0.1, 0.15) is 5.76 Å². The van der Waals surface area contributed by atoms with Gasteiger partial charge < -0.3 is 15.2 Å². The van der Waals surface area contributed by atoms with Gasteiger partial charge in [0.05, 0.1) is 52.0 Å². The molecule has 288 valence electrons. The highest BCUT2D eigenvalue weighted by Crippen LogP contribution is 2.47. The maximum Gasteiger partial charge on any atom is 0.189 e. The summed E-state index contributed by atoms with van der Waals surface area (Å²) < 4.78 is 6.58. The Kier molecular flexibility index (Phi) is 12.4. The highest BCUT2D eigenvalue weighted by atomic mass is 33.1. The lowest BCUT2D eigenvalue weighted by atomic mass is 9.86. The first-order valence-electron chi connectivity index (χ1n) is 19.0. The summed E-state index contributed by atoms with van der Waals surface area (Å²) in [7, 11) is 3.54. The lowest BCUT2D eigenvalue weighted by Crippen LogP contribution is -2.15. The molecule has 0 spiro atoms. The van der Waals surface area contributed by atoms with Gasteiger partial charge in [-0.3, -0.25) is 4.79 Å². The smallest absolute Gasteiger partial charge is 0.189 e. The zero-order valence-corrected chi connectivity index (χ0v) is 36.2. The maximum atomic E-state index is 13.2. The van der Waals surface area contributed by atoms with Gasteiger partial charge in [-0.25, -0.2) is 15.0 Å². The van der Waals surface area contributed by atoms with Gasteiger partial charge in [-0.05, 0) is 99.8 Å². The monoisotopic (exact) mass is 810 g/mol. The number of ether oxygens (including phenoxy) is 1. The lowest BCUT2D eigenvalue weighted by Gasteiger charge is -2.17. The fourth-order valence-electron chi connectivity index (χ4n) is 8.30. The van der Waals surface area contributed by atoms with Gasteiger partial charge in [-0.2, -0.15) is 11.8 Å². The average Bonchev–Trinajstić information content (AvgIpc) is 3.91. The van der Waals surface area contributed by atoms with Crippen LogP contribution in [-0.2, 0) is 16.1 Å². The average molecular weight is 811 g/mol. The van der Waals surface area contributed by atoms with Crippen molar-refractivity contribution in [1.82, 2.24) is 5.32 Å². The van der Waals surface area contributed by atoms with E-state index in [0.29, 0.717) is 31.6 Å². The molecule has 5 heterocycles. The zero-order valence-electron chi connectivity index (χ0n) is 33.0. The third kappa shape index (κ3) is 8.15. The maximum absolute atomic E-state index is 13.2. The van der Waals surface area contributed by atoms with Crippen LogP contribution in [0.4, 0.5) is 0 Å². The predicted molar refractivity (Wildman–Crippen MR) is 238 cm³/mol. The molecule has 7 nitrogen and oxygen atoms in total. The second-order valence-corrected chi connectivity index (χ2v) is 19.9. The van der Waals surface area contributed by atoms with Gasteiger partial charge in [0.2, 0.25) is 0 Å². The minimum atomic E-state index is -0.217. The Balaban J connectivity index is 1.30. The molecule has 8 bridgehead atoms. The molecule has 0 radical (unpaired) electrons. The van der Waals surface area contributed by atoms with Crippen LogP contribution in [0.1, 0.15) is 78.4 Å². The number of allylic oxidation sites excluding steroid dienone is 11. The van der Waals surface area contributed by atoms with Crippen molar-refractivity contribution in [3.63, 3.8) is 0 Å². The van der Waals surface area contributed by atoms with Crippen molar-refractivity contribution in [3.8, 4) is 0 Å². The van der Waals surface area contributed by atoms with Crippen LogP contribution in [0.5, 0.6) is 0 Å². The molecule has 1 aromatic rings. The van der Waals surface area contributed by atoms with Crippen LogP contribution in [-0.4, -0.2) is 49.9 Å². The number of aliphatic imine (C=N–C) groups is 3. The summed E-state index contributed by atoms with van der Waals surface area (Å²) in [6.07, 6.45) is 10.7.